The molecule has 0 bridgehead atoms. The van der Waals surface area contributed by atoms with E-state index in [1.807, 2.05) is 24.3 Å². The molecule has 0 aliphatic carbocycles. The van der Waals surface area contributed by atoms with E-state index in [0.717, 1.165) is 23.1 Å². The van der Waals surface area contributed by atoms with Gasteiger partial charge in [-0.1, -0.05) is 69.3 Å². The first-order chi connectivity index (χ1) is 13.6. The molecule has 0 aliphatic heterocycles. The topological polar surface area (TPSA) is 21.3 Å². The first kappa shape index (κ1) is 21.3. The minimum Gasteiger partial charge on any atom is -0.488 e. The molecule has 3 aromatic rings. The Bertz CT molecular complexity index is 972. The quantitative estimate of drug-likeness (QED) is 0.473. The Hall–Kier alpha value is -2.39. The fraction of sp³-hybridized carbons (Fsp3) is 0.385. The molecule has 3 rings (SSSR count). The SMILES string of the molecule is CC(C)(C)CC(C)(C)NCc1c(OCc2ccccc2F)ccc2ccccc12. The highest BCUT2D eigenvalue weighted by atomic mass is 19.1. The van der Waals surface area contributed by atoms with E-state index >= 15 is 0 Å². The molecule has 0 heterocycles. The Kier molecular flexibility index (Phi) is 6.28. The number of fused-ring (bicyclic) bond motifs is 1. The van der Waals surface area contributed by atoms with Crippen LogP contribution in [0, 0.1) is 11.2 Å². The summed E-state index contributed by atoms with van der Waals surface area (Å²) in [4.78, 5) is 0. The molecule has 0 aliphatic rings. The molecule has 3 aromatic carbocycles. The van der Waals surface area contributed by atoms with E-state index in [0.29, 0.717) is 12.1 Å². The molecule has 0 atom stereocenters. The molecule has 0 saturated carbocycles. The maximum atomic E-state index is 14.0. The zero-order chi connectivity index (χ0) is 21.1. The van der Waals surface area contributed by atoms with Crippen molar-refractivity contribution in [2.75, 3.05) is 0 Å². The number of ether oxygens (including phenoxy) is 1. The van der Waals surface area contributed by atoms with Crippen molar-refractivity contribution in [2.45, 2.75) is 59.7 Å². The van der Waals surface area contributed by atoms with Crippen molar-refractivity contribution in [3.05, 3.63) is 77.6 Å². The molecule has 0 saturated heterocycles. The number of benzene rings is 3. The van der Waals surface area contributed by atoms with Crippen LogP contribution in [0.5, 0.6) is 5.75 Å². The molecule has 154 valence electrons. The van der Waals surface area contributed by atoms with Crippen molar-refractivity contribution in [3.8, 4) is 5.75 Å². The zero-order valence-electron chi connectivity index (χ0n) is 18.2. The fourth-order valence-corrected chi connectivity index (χ4v) is 4.12. The monoisotopic (exact) mass is 393 g/mol. The molecule has 29 heavy (non-hydrogen) atoms. The normalized spacial score (nSPS) is 12.3. The third-order valence-corrected chi connectivity index (χ3v) is 5.05. The summed E-state index contributed by atoms with van der Waals surface area (Å²) in [6, 6.07) is 19.2. The molecule has 0 spiro atoms. The number of rotatable bonds is 7. The minimum atomic E-state index is -0.237. The third kappa shape index (κ3) is 5.80. The summed E-state index contributed by atoms with van der Waals surface area (Å²) in [5, 5.41) is 6.06. The highest BCUT2D eigenvalue weighted by molar-refractivity contribution is 5.87. The summed E-state index contributed by atoms with van der Waals surface area (Å²) < 4.78 is 20.1. The molecule has 0 unspecified atom stereocenters. The average molecular weight is 394 g/mol. The van der Waals surface area contributed by atoms with Crippen LogP contribution in [-0.4, -0.2) is 5.54 Å². The van der Waals surface area contributed by atoms with Crippen LogP contribution in [0.25, 0.3) is 10.8 Å². The van der Waals surface area contributed by atoms with Gasteiger partial charge in [0.25, 0.3) is 0 Å². The predicted molar refractivity (Wildman–Crippen MR) is 120 cm³/mol. The Morgan fingerprint density at radius 1 is 0.862 bits per heavy atom. The summed E-state index contributed by atoms with van der Waals surface area (Å²) in [7, 11) is 0. The van der Waals surface area contributed by atoms with Crippen LogP contribution < -0.4 is 10.1 Å². The van der Waals surface area contributed by atoms with Crippen molar-refractivity contribution in [2.24, 2.45) is 5.41 Å². The molecule has 0 radical (unpaired) electrons. The number of hydrogen-bond donors (Lipinski definition) is 1. The van der Waals surface area contributed by atoms with Gasteiger partial charge in [-0.15, -0.1) is 0 Å². The predicted octanol–water partition coefficient (Wildman–Crippen LogP) is 6.86. The third-order valence-electron chi connectivity index (χ3n) is 5.05. The minimum absolute atomic E-state index is 0.0159. The van der Waals surface area contributed by atoms with Crippen molar-refractivity contribution < 1.29 is 9.13 Å². The van der Waals surface area contributed by atoms with Gasteiger partial charge in [-0.25, -0.2) is 4.39 Å². The second kappa shape index (κ2) is 8.54. The zero-order valence-corrected chi connectivity index (χ0v) is 18.2. The van der Waals surface area contributed by atoms with Crippen molar-refractivity contribution in [1.29, 1.82) is 0 Å². The lowest BCUT2D eigenvalue weighted by atomic mass is 9.81. The van der Waals surface area contributed by atoms with E-state index in [1.165, 1.54) is 11.5 Å². The fourth-order valence-electron chi connectivity index (χ4n) is 4.12. The molecule has 0 fully saturated rings. The Balaban J connectivity index is 1.87. The molecule has 2 nitrogen and oxygen atoms in total. The van der Waals surface area contributed by atoms with Crippen LogP contribution >= 0.6 is 0 Å². The van der Waals surface area contributed by atoms with Gasteiger partial charge in [0, 0.05) is 23.2 Å². The maximum absolute atomic E-state index is 14.0. The van der Waals surface area contributed by atoms with E-state index in [9.17, 15) is 4.39 Å². The Labute approximate surface area is 174 Å². The van der Waals surface area contributed by atoms with Crippen LogP contribution in [0.4, 0.5) is 4.39 Å². The van der Waals surface area contributed by atoms with Crippen LogP contribution in [0.1, 0.15) is 52.2 Å². The molecule has 0 amide bonds. The van der Waals surface area contributed by atoms with E-state index in [4.69, 9.17) is 4.74 Å². The maximum Gasteiger partial charge on any atom is 0.129 e. The molecule has 1 N–H and O–H groups in total. The summed E-state index contributed by atoms with van der Waals surface area (Å²) in [6.07, 6.45) is 1.05. The molecule has 0 aromatic heterocycles. The second-order valence-electron chi connectivity index (χ2n) is 9.62. The lowest BCUT2D eigenvalue weighted by molar-refractivity contribution is 0.239. The summed E-state index contributed by atoms with van der Waals surface area (Å²) >= 11 is 0. The van der Waals surface area contributed by atoms with Gasteiger partial charge in [-0.2, -0.15) is 0 Å². The van der Waals surface area contributed by atoms with E-state index < -0.39 is 0 Å². The Morgan fingerprint density at radius 3 is 2.28 bits per heavy atom. The van der Waals surface area contributed by atoms with Gasteiger partial charge in [0.15, 0.2) is 0 Å². The number of halogens is 1. The van der Waals surface area contributed by atoms with Crippen LogP contribution in [-0.2, 0) is 13.2 Å². The van der Waals surface area contributed by atoms with Gasteiger partial charge in [-0.3, -0.25) is 0 Å². The van der Waals surface area contributed by atoms with Crippen molar-refractivity contribution in [3.63, 3.8) is 0 Å². The van der Waals surface area contributed by atoms with Gasteiger partial charge >= 0.3 is 0 Å². The highest BCUT2D eigenvalue weighted by Crippen LogP contribution is 2.31. The Morgan fingerprint density at radius 2 is 1.55 bits per heavy atom. The first-order valence-corrected chi connectivity index (χ1v) is 10.3. The van der Waals surface area contributed by atoms with Gasteiger partial charge < -0.3 is 10.1 Å². The smallest absolute Gasteiger partial charge is 0.129 e. The lowest BCUT2D eigenvalue weighted by Crippen LogP contribution is -2.41. The van der Waals surface area contributed by atoms with Gasteiger partial charge in [0.05, 0.1) is 0 Å². The van der Waals surface area contributed by atoms with Crippen LogP contribution in [0.3, 0.4) is 0 Å². The highest BCUT2D eigenvalue weighted by Gasteiger charge is 2.25. The molecular formula is C26H32FNO. The van der Waals surface area contributed by atoms with Gasteiger partial charge in [-0.05, 0) is 48.6 Å². The number of hydrogen-bond acceptors (Lipinski definition) is 2. The summed E-state index contributed by atoms with van der Waals surface area (Å²) in [5.74, 6) is 0.560. The summed E-state index contributed by atoms with van der Waals surface area (Å²) in [6.45, 7) is 12.2. The molecule has 3 heteroatoms. The summed E-state index contributed by atoms with van der Waals surface area (Å²) in [5.41, 5.74) is 1.89. The standard InChI is InChI=1S/C26H32FNO/c1-25(2,3)18-26(4,5)28-16-22-21-12-8-6-10-19(21)14-15-24(22)29-17-20-11-7-9-13-23(20)27/h6-15,28H,16-18H2,1-5H3. The largest absolute Gasteiger partial charge is 0.488 e. The van der Waals surface area contributed by atoms with Gasteiger partial charge in [0.2, 0.25) is 0 Å². The van der Waals surface area contributed by atoms with E-state index in [1.54, 1.807) is 12.1 Å². The van der Waals surface area contributed by atoms with Crippen LogP contribution in [0.15, 0.2) is 60.7 Å². The number of nitrogens with one attached hydrogen (secondary N) is 1. The van der Waals surface area contributed by atoms with E-state index in [2.05, 4.69) is 58.1 Å². The average Bonchev–Trinajstić information content (AvgIpc) is 2.64. The van der Waals surface area contributed by atoms with Crippen molar-refractivity contribution >= 4 is 10.8 Å². The van der Waals surface area contributed by atoms with Crippen LogP contribution in [0.2, 0.25) is 0 Å². The lowest BCUT2D eigenvalue weighted by Gasteiger charge is -2.34. The van der Waals surface area contributed by atoms with E-state index in [-0.39, 0.29) is 23.4 Å². The second-order valence-corrected chi connectivity index (χ2v) is 9.62. The van der Waals surface area contributed by atoms with Crippen molar-refractivity contribution in [1.82, 2.24) is 5.32 Å². The first-order valence-electron chi connectivity index (χ1n) is 10.3. The van der Waals surface area contributed by atoms with Gasteiger partial charge in [0.1, 0.15) is 18.2 Å². The molecular weight excluding hydrogens is 361 g/mol.